The minimum Gasteiger partial charge on any atom is -0.391 e. The van der Waals surface area contributed by atoms with Gasteiger partial charge in [-0.05, 0) is 30.5 Å². The van der Waals surface area contributed by atoms with Crippen molar-refractivity contribution in [3.63, 3.8) is 0 Å². The van der Waals surface area contributed by atoms with Crippen LogP contribution in [-0.2, 0) is 19.3 Å². The van der Waals surface area contributed by atoms with Gasteiger partial charge in [0.15, 0.2) is 0 Å². The van der Waals surface area contributed by atoms with Gasteiger partial charge < -0.3 is 15.3 Å². The lowest BCUT2D eigenvalue weighted by molar-refractivity contribution is -0.137. The summed E-state index contributed by atoms with van der Waals surface area (Å²) < 4.78 is 38.4. The predicted molar refractivity (Wildman–Crippen MR) is 93.7 cm³/mol. The van der Waals surface area contributed by atoms with Crippen LogP contribution >= 0.6 is 0 Å². The van der Waals surface area contributed by atoms with E-state index in [4.69, 9.17) is 0 Å². The molecular formula is C19H22F3N3O. The Labute approximate surface area is 150 Å². The molecule has 140 valence electrons. The lowest BCUT2D eigenvalue weighted by Crippen LogP contribution is -2.39. The van der Waals surface area contributed by atoms with Crippen molar-refractivity contribution in [1.29, 1.82) is 0 Å². The minimum absolute atomic E-state index is 0.334. The Balaban J connectivity index is 1.64. The number of alkyl halides is 3. The number of β-amino-alcohol motifs (C(OH)–C–C–N with tert-alkyl or cyclic N) is 1. The number of pyridine rings is 1. The Bertz CT molecular complexity index is 736. The molecule has 1 fully saturated rings. The summed E-state index contributed by atoms with van der Waals surface area (Å²) in [5.74, 6) is 0.822. The van der Waals surface area contributed by atoms with Crippen LogP contribution in [0.25, 0.3) is 0 Å². The highest BCUT2D eigenvalue weighted by Gasteiger charge is 2.30. The van der Waals surface area contributed by atoms with Gasteiger partial charge in [0.1, 0.15) is 5.82 Å². The molecule has 2 heterocycles. The van der Waals surface area contributed by atoms with Gasteiger partial charge >= 0.3 is 6.18 Å². The summed E-state index contributed by atoms with van der Waals surface area (Å²) in [5.41, 5.74) is 0.911. The van der Waals surface area contributed by atoms with Crippen LogP contribution in [0.4, 0.5) is 19.0 Å². The van der Waals surface area contributed by atoms with Crippen LogP contribution in [0, 0.1) is 0 Å². The Morgan fingerprint density at radius 2 is 2.04 bits per heavy atom. The van der Waals surface area contributed by atoms with E-state index in [0.717, 1.165) is 42.9 Å². The summed E-state index contributed by atoms with van der Waals surface area (Å²) >= 11 is 0. The van der Waals surface area contributed by atoms with E-state index < -0.39 is 11.7 Å². The van der Waals surface area contributed by atoms with Gasteiger partial charge in [0.25, 0.3) is 0 Å². The summed E-state index contributed by atoms with van der Waals surface area (Å²) in [6, 6.07) is 9.12. The maximum Gasteiger partial charge on any atom is 0.416 e. The molecule has 2 aromatic rings. The van der Waals surface area contributed by atoms with Crippen molar-refractivity contribution in [3.05, 3.63) is 59.3 Å². The van der Waals surface area contributed by atoms with Crippen LogP contribution in [-0.4, -0.2) is 29.3 Å². The molecule has 2 N–H and O–H groups in total. The van der Waals surface area contributed by atoms with Gasteiger partial charge in [0.2, 0.25) is 0 Å². The highest BCUT2D eigenvalue weighted by atomic mass is 19.4. The first-order valence-corrected chi connectivity index (χ1v) is 8.67. The van der Waals surface area contributed by atoms with Crippen molar-refractivity contribution < 1.29 is 18.3 Å². The zero-order valence-electron chi connectivity index (χ0n) is 14.3. The van der Waals surface area contributed by atoms with Crippen LogP contribution in [0.2, 0.25) is 0 Å². The first-order valence-electron chi connectivity index (χ1n) is 8.67. The van der Waals surface area contributed by atoms with Crippen molar-refractivity contribution in [2.24, 2.45) is 0 Å². The smallest absolute Gasteiger partial charge is 0.391 e. The normalized spacial score (nSPS) is 18.2. The zero-order chi connectivity index (χ0) is 18.6. The molecule has 7 heteroatoms. The molecule has 1 aliphatic rings. The van der Waals surface area contributed by atoms with E-state index in [2.05, 4.69) is 15.2 Å². The summed E-state index contributed by atoms with van der Waals surface area (Å²) in [7, 11) is 0. The maximum atomic E-state index is 12.8. The van der Waals surface area contributed by atoms with Crippen molar-refractivity contribution in [3.8, 4) is 0 Å². The molecule has 1 aliphatic heterocycles. The number of aliphatic hydroxyl groups excluding tert-OH is 1. The fraction of sp³-hybridized carbons (Fsp3) is 0.421. The molecule has 1 unspecified atom stereocenters. The van der Waals surface area contributed by atoms with Crippen molar-refractivity contribution in [2.45, 2.75) is 38.2 Å². The number of aliphatic hydroxyl groups is 1. The van der Waals surface area contributed by atoms with Gasteiger partial charge in [-0.3, -0.25) is 0 Å². The number of hydrogen-bond donors (Lipinski definition) is 2. The molecule has 1 aromatic heterocycles. The van der Waals surface area contributed by atoms with Crippen LogP contribution in [0.1, 0.15) is 29.5 Å². The number of rotatable bonds is 5. The molecule has 1 saturated heterocycles. The van der Waals surface area contributed by atoms with Crippen LogP contribution in [0.15, 0.2) is 42.6 Å². The number of aromatic nitrogens is 1. The zero-order valence-corrected chi connectivity index (χ0v) is 14.3. The summed E-state index contributed by atoms with van der Waals surface area (Å²) in [6.07, 6.45) is -1.26. The van der Waals surface area contributed by atoms with E-state index in [1.807, 2.05) is 12.1 Å². The predicted octanol–water partition coefficient (Wildman–Crippen LogP) is 3.35. The van der Waals surface area contributed by atoms with Gasteiger partial charge in [0, 0.05) is 37.9 Å². The largest absolute Gasteiger partial charge is 0.416 e. The molecule has 1 aromatic carbocycles. The molecule has 0 bridgehead atoms. The molecule has 0 saturated carbocycles. The lowest BCUT2D eigenvalue weighted by atomic mass is 10.1. The summed E-state index contributed by atoms with van der Waals surface area (Å²) in [6.45, 7) is 2.22. The standard InChI is InChI=1S/C19H22F3N3O/c20-19(21,22)16-6-1-4-14(10-16)11-23-12-15-5-2-8-24-18(15)25-9-3-7-17(26)13-25/h1-2,4-6,8,10,17,23,26H,3,7,9,11-13H2. The highest BCUT2D eigenvalue weighted by molar-refractivity contribution is 5.47. The van der Waals surface area contributed by atoms with Crippen LogP contribution < -0.4 is 10.2 Å². The third-order valence-electron chi connectivity index (χ3n) is 4.46. The molecular weight excluding hydrogens is 343 g/mol. The first-order chi connectivity index (χ1) is 12.4. The molecule has 4 nitrogen and oxygen atoms in total. The number of nitrogens with zero attached hydrogens (tertiary/aromatic N) is 2. The molecule has 26 heavy (non-hydrogen) atoms. The maximum absolute atomic E-state index is 12.8. The fourth-order valence-electron chi connectivity index (χ4n) is 3.20. The number of nitrogens with one attached hydrogen (secondary N) is 1. The SMILES string of the molecule is OC1CCCN(c2ncccc2CNCc2cccc(C(F)(F)F)c2)C1. The Hall–Kier alpha value is -2.12. The van der Waals surface area contributed by atoms with Gasteiger partial charge in [-0.15, -0.1) is 0 Å². The summed E-state index contributed by atoms with van der Waals surface area (Å²) in [5, 5.41) is 13.1. The van der Waals surface area contributed by atoms with Gasteiger partial charge in [-0.1, -0.05) is 24.3 Å². The molecule has 0 radical (unpaired) electrons. The Kier molecular flexibility index (Phi) is 5.78. The van der Waals surface area contributed by atoms with Crippen molar-refractivity contribution in [1.82, 2.24) is 10.3 Å². The van der Waals surface area contributed by atoms with Gasteiger partial charge in [-0.2, -0.15) is 13.2 Å². The van der Waals surface area contributed by atoms with Gasteiger partial charge in [-0.25, -0.2) is 4.98 Å². The lowest BCUT2D eigenvalue weighted by Gasteiger charge is -2.32. The average Bonchev–Trinajstić information content (AvgIpc) is 2.62. The van der Waals surface area contributed by atoms with E-state index in [1.165, 1.54) is 6.07 Å². The first kappa shape index (κ1) is 18.7. The van der Waals surface area contributed by atoms with E-state index >= 15 is 0 Å². The number of anilines is 1. The molecule has 0 spiro atoms. The molecule has 0 aliphatic carbocycles. The minimum atomic E-state index is -4.33. The second-order valence-corrected chi connectivity index (χ2v) is 6.53. The van der Waals surface area contributed by atoms with Gasteiger partial charge in [0.05, 0.1) is 11.7 Å². The Morgan fingerprint density at radius 3 is 2.81 bits per heavy atom. The third kappa shape index (κ3) is 4.74. The second kappa shape index (κ2) is 8.05. The molecule has 0 amide bonds. The summed E-state index contributed by atoms with van der Waals surface area (Å²) in [4.78, 5) is 6.50. The number of benzene rings is 1. The fourth-order valence-corrected chi connectivity index (χ4v) is 3.20. The highest BCUT2D eigenvalue weighted by Crippen LogP contribution is 2.29. The third-order valence-corrected chi connectivity index (χ3v) is 4.46. The Morgan fingerprint density at radius 1 is 1.19 bits per heavy atom. The van der Waals surface area contributed by atoms with Crippen molar-refractivity contribution in [2.75, 3.05) is 18.0 Å². The van der Waals surface area contributed by atoms with E-state index in [-0.39, 0.29) is 6.10 Å². The second-order valence-electron chi connectivity index (χ2n) is 6.53. The van der Waals surface area contributed by atoms with Crippen LogP contribution in [0.5, 0.6) is 0 Å². The van der Waals surface area contributed by atoms with Crippen molar-refractivity contribution >= 4 is 5.82 Å². The molecule has 1 atom stereocenters. The topological polar surface area (TPSA) is 48.4 Å². The number of halogens is 3. The van der Waals surface area contributed by atoms with E-state index in [1.54, 1.807) is 12.3 Å². The average molecular weight is 365 g/mol. The number of piperidine rings is 1. The monoisotopic (exact) mass is 365 g/mol. The van der Waals surface area contributed by atoms with Crippen LogP contribution in [0.3, 0.4) is 0 Å². The van der Waals surface area contributed by atoms with E-state index in [0.29, 0.717) is 25.2 Å². The van der Waals surface area contributed by atoms with E-state index in [9.17, 15) is 18.3 Å². The number of hydrogen-bond acceptors (Lipinski definition) is 4. The quantitative estimate of drug-likeness (QED) is 0.853. The molecule has 3 rings (SSSR count).